The first-order valence-electron chi connectivity index (χ1n) is 5.10. The summed E-state index contributed by atoms with van der Waals surface area (Å²) in [4.78, 5) is 10.2. The monoisotopic (exact) mass is 226 g/mol. The predicted octanol–water partition coefficient (Wildman–Crippen LogP) is 2.26. The van der Waals surface area contributed by atoms with Gasteiger partial charge in [0.1, 0.15) is 5.82 Å². The van der Waals surface area contributed by atoms with Crippen molar-refractivity contribution in [3.63, 3.8) is 0 Å². The third-order valence-electron chi connectivity index (χ3n) is 2.55. The van der Waals surface area contributed by atoms with E-state index >= 15 is 0 Å². The van der Waals surface area contributed by atoms with E-state index in [0.29, 0.717) is 12.0 Å². The summed E-state index contributed by atoms with van der Waals surface area (Å²) in [5, 5.41) is 10.7. The van der Waals surface area contributed by atoms with E-state index in [1.807, 2.05) is 13.8 Å². The molecule has 88 valence electrons. The molecule has 0 aliphatic rings. The van der Waals surface area contributed by atoms with Crippen molar-refractivity contribution in [3.05, 3.63) is 39.7 Å². The van der Waals surface area contributed by atoms with E-state index in [1.54, 1.807) is 0 Å². The number of nitrogens with zero attached hydrogens (tertiary/aromatic N) is 1. The minimum Gasteiger partial charge on any atom is -0.327 e. The van der Waals surface area contributed by atoms with E-state index in [9.17, 15) is 14.5 Å². The van der Waals surface area contributed by atoms with Gasteiger partial charge in [-0.05, 0) is 24.5 Å². The molecule has 0 aromatic heterocycles. The summed E-state index contributed by atoms with van der Waals surface area (Å²) in [6, 6.07) is 3.24. The number of hydrogen-bond acceptors (Lipinski definition) is 3. The minimum absolute atomic E-state index is 0.0718. The van der Waals surface area contributed by atoms with Crippen molar-refractivity contribution in [1.29, 1.82) is 0 Å². The van der Waals surface area contributed by atoms with Gasteiger partial charge in [0, 0.05) is 17.7 Å². The van der Waals surface area contributed by atoms with Gasteiger partial charge in [-0.2, -0.15) is 0 Å². The predicted molar refractivity (Wildman–Crippen MR) is 59.6 cm³/mol. The SMILES string of the molecule is CC(C)C(N)Cc1cc(F)ccc1[N+](=O)[O-]. The summed E-state index contributed by atoms with van der Waals surface area (Å²) in [6.45, 7) is 3.85. The lowest BCUT2D eigenvalue weighted by Crippen LogP contribution is -2.29. The summed E-state index contributed by atoms with van der Waals surface area (Å²) < 4.78 is 13.0. The van der Waals surface area contributed by atoms with Crippen molar-refractivity contribution < 1.29 is 9.31 Å². The van der Waals surface area contributed by atoms with Crippen LogP contribution < -0.4 is 5.73 Å². The highest BCUT2D eigenvalue weighted by Crippen LogP contribution is 2.21. The number of benzene rings is 1. The van der Waals surface area contributed by atoms with Gasteiger partial charge in [-0.25, -0.2) is 4.39 Å². The molecule has 0 saturated carbocycles. The molecule has 0 aliphatic heterocycles. The van der Waals surface area contributed by atoms with Crippen molar-refractivity contribution in [2.45, 2.75) is 26.3 Å². The molecule has 0 amide bonds. The highest BCUT2D eigenvalue weighted by molar-refractivity contribution is 5.40. The number of halogens is 1. The lowest BCUT2D eigenvalue weighted by atomic mass is 9.96. The van der Waals surface area contributed by atoms with Gasteiger partial charge in [0.05, 0.1) is 4.92 Å². The second-order valence-corrected chi connectivity index (χ2v) is 4.14. The Morgan fingerprint density at radius 1 is 1.50 bits per heavy atom. The van der Waals surface area contributed by atoms with Gasteiger partial charge in [0.25, 0.3) is 5.69 Å². The Bertz CT molecular complexity index is 394. The van der Waals surface area contributed by atoms with Crippen LogP contribution in [0.5, 0.6) is 0 Å². The lowest BCUT2D eigenvalue weighted by molar-refractivity contribution is -0.385. The van der Waals surface area contributed by atoms with Crippen molar-refractivity contribution in [3.8, 4) is 0 Å². The Morgan fingerprint density at radius 3 is 2.62 bits per heavy atom. The van der Waals surface area contributed by atoms with Crippen LogP contribution in [0.15, 0.2) is 18.2 Å². The van der Waals surface area contributed by atoms with E-state index in [0.717, 1.165) is 6.07 Å². The van der Waals surface area contributed by atoms with Gasteiger partial charge < -0.3 is 5.73 Å². The maximum Gasteiger partial charge on any atom is 0.272 e. The zero-order chi connectivity index (χ0) is 12.3. The van der Waals surface area contributed by atoms with Crippen LogP contribution in [0.4, 0.5) is 10.1 Å². The quantitative estimate of drug-likeness (QED) is 0.632. The minimum atomic E-state index is -0.512. The summed E-state index contributed by atoms with van der Waals surface area (Å²) in [5.74, 6) is -0.278. The maximum atomic E-state index is 13.0. The van der Waals surface area contributed by atoms with Gasteiger partial charge >= 0.3 is 0 Å². The summed E-state index contributed by atoms with van der Waals surface area (Å²) >= 11 is 0. The fourth-order valence-corrected chi connectivity index (χ4v) is 1.39. The van der Waals surface area contributed by atoms with E-state index in [-0.39, 0.29) is 17.6 Å². The molecule has 1 unspecified atom stereocenters. The van der Waals surface area contributed by atoms with E-state index < -0.39 is 10.7 Å². The molecule has 0 fully saturated rings. The van der Waals surface area contributed by atoms with Crippen molar-refractivity contribution in [2.24, 2.45) is 11.7 Å². The fourth-order valence-electron chi connectivity index (χ4n) is 1.39. The lowest BCUT2D eigenvalue weighted by Gasteiger charge is -2.15. The van der Waals surface area contributed by atoms with Crippen LogP contribution in [0, 0.1) is 21.8 Å². The van der Waals surface area contributed by atoms with Gasteiger partial charge in [-0.15, -0.1) is 0 Å². The van der Waals surface area contributed by atoms with Gasteiger partial charge in [0.2, 0.25) is 0 Å². The zero-order valence-corrected chi connectivity index (χ0v) is 9.31. The van der Waals surface area contributed by atoms with E-state index in [2.05, 4.69) is 0 Å². The van der Waals surface area contributed by atoms with Crippen molar-refractivity contribution in [2.75, 3.05) is 0 Å². The molecule has 5 heteroatoms. The molecule has 0 heterocycles. The van der Waals surface area contributed by atoms with Gasteiger partial charge in [-0.3, -0.25) is 10.1 Å². The molecule has 0 bridgehead atoms. The summed E-state index contributed by atoms with van der Waals surface area (Å²) in [6.07, 6.45) is 0.311. The van der Waals surface area contributed by atoms with Crippen LogP contribution >= 0.6 is 0 Å². The van der Waals surface area contributed by atoms with Crippen LogP contribution in [0.2, 0.25) is 0 Å². The average Bonchev–Trinajstić information content (AvgIpc) is 2.16. The Hall–Kier alpha value is -1.49. The number of hydrogen-bond donors (Lipinski definition) is 1. The molecule has 1 aromatic rings. The fraction of sp³-hybridized carbons (Fsp3) is 0.455. The first kappa shape index (κ1) is 12.6. The van der Waals surface area contributed by atoms with Gasteiger partial charge in [-0.1, -0.05) is 13.8 Å². The van der Waals surface area contributed by atoms with Gasteiger partial charge in [0.15, 0.2) is 0 Å². The molecule has 1 rings (SSSR count). The smallest absolute Gasteiger partial charge is 0.272 e. The third kappa shape index (κ3) is 3.00. The molecular formula is C11H15FN2O2. The summed E-state index contributed by atoms with van der Waals surface area (Å²) in [5.41, 5.74) is 6.10. The first-order valence-corrected chi connectivity index (χ1v) is 5.10. The zero-order valence-electron chi connectivity index (χ0n) is 9.31. The Morgan fingerprint density at radius 2 is 2.12 bits per heavy atom. The maximum absolute atomic E-state index is 13.0. The molecule has 1 aromatic carbocycles. The number of rotatable bonds is 4. The highest BCUT2D eigenvalue weighted by atomic mass is 19.1. The molecule has 0 aliphatic carbocycles. The highest BCUT2D eigenvalue weighted by Gasteiger charge is 2.18. The van der Waals surface area contributed by atoms with Crippen LogP contribution in [-0.2, 0) is 6.42 Å². The normalized spacial score (nSPS) is 12.8. The Balaban J connectivity index is 3.01. The second-order valence-electron chi connectivity index (χ2n) is 4.14. The van der Waals surface area contributed by atoms with E-state index in [4.69, 9.17) is 5.73 Å². The molecule has 0 radical (unpaired) electrons. The Kier molecular flexibility index (Phi) is 3.95. The van der Waals surface area contributed by atoms with Crippen molar-refractivity contribution in [1.82, 2.24) is 0 Å². The Labute approximate surface area is 93.4 Å². The van der Waals surface area contributed by atoms with Crippen LogP contribution in [0.1, 0.15) is 19.4 Å². The topological polar surface area (TPSA) is 69.2 Å². The number of nitro groups is 1. The summed E-state index contributed by atoms with van der Waals surface area (Å²) in [7, 11) is 0. The molecule has 0 saturated heterocycles. The molecule has 16 heavy (non-hydrogen) atoms. The van der Waals surface area contributed by atoms with E-state index in [1.165, 1.54) is 12.1 Å². The number of nitro benzene ring substituents is 1. The standard InChI is InChI=1S/C11H15FN2O2/c1-7(2)10(13)6-8-5-9(12)3-4-11(8)14(15)16/h3-5,7,10H,6,13H2,1-2H3. The molecular weight excluding hydrogens is 211 g/mol. The van der Waals surface area contributed by atoms with Crippen molar-refractivity contribution >= 4 is 5.69 Å². The molecule has 2 N–H and O–H groups in total. The van der Waals surface area contributed by atoms with Crippen LogP contribution in [-0.4, -0.2) is 11.0 Å². The molecule has 0 spiro atoms. The van der Waals surface area contributed by atoms with Crippen LogP contribution in [0.25, 0.3) is 0 Å². The first-order chi connectivity index (χ1) is 7.41. The molecule has 4 nitrogen and oxygen atoms in total. The average molecular weight is 226 g/mol. The second kappa shape index (κ2) is 5.03. The third-order valence-corrected chi connectivity index (χ3v) is 2.55. The molecule has 1 atom stereocenters. The largest absolute Gasteiger partial charge is 0.327 e. The number of nitrogens with two attached hydrogens (primary N) is 1. The van der Waals surface area contributed by atoms with Crippen LogP contribution in [0.3, 0.4) is 0 Å².